The SMILES string of the molecule is N#[N+]c1cccc(Cl)c1. The van der Waals surface area contributed by atoms with E-state index in [2.05, 4.69) is 4.98 Å². The summed E-state index contributed by atoms with van der Waals surface area (Å²) >= 11 is 5.55. The van der Waals surface area contributed by atoms with Crippen LogP contribution in [0, 0.1) is 5.39 Å². The Morgan fingerprint density at radius 2 is 2.22 bits per heavy atom. The third kappa shape index (κ3) is 1.41. The minimum atomic E-state index is 0.475. The van der Waals surface area contributed by atoms with Crippen LogP contribution in [0.3, 0.4) is 0 Å². The fourth-order valence-corrected chi connectivity index (χ4v) is 0.723. The molecule has 1 aromatic carbocycles. The molecule has 0 aliphatic heterocycles. The van der Waals surface area contributed by atoms with Crippen molar-refractivity contribution < 1.29 is 0 Å². The molecule has 0 radical (unpaired) electrons. The highest BCUT2D eigenvalue weighted by Crippen LogP contribution is 2.16. The van der Waals surface area contributed by atoms with Crippen molar-refractivity contribution in [3.63, 3.8) is 0 Å². The molecule has 0 aliphatic carbocycles. The van der Waals surface area contributed by atoms with Gasteiger partial charge in [-0.25, -0.2) is 0 Å². The maximum Gasteiger partial charge on any atom is 0.386 e. The van der Waals surface area contributed by atoms with Gasteiger partial charge in [0.1, 0.15) is 0 Å². The molecule has 1 aromatic rings. The topological polar surface area (TPSA) is 28.1 Å². The Balaban J connectivity index is 3.12. The van der Waals surface area contributed by atoms with Crippen LogP contribution in [-0.4, -0.2) is 0 Å². The summed E-state index contributed by atoms with van der Waals surface area (Å²) in [5, 5.41) is 8.80. The van der Waals surface area contributed by atoms with Gasteiger partial charge in [-0.3, -0.25) is 0 Å². The van der Waals surface area contributed by atoms with Gasteiger partial charge >= 0.3 is 5.69 Å². The molecular weight excluding hydrogens is 136 g/mol. The molecule has 0 aliphatic rings. The molecule has 1 rings (SSSR count). The molecule has 0 saturated carbocycles. The van der Waals surface area contributed by atoms with E-state index in [1.54, 1.807) is 24.3 Å². The van der Waals surface area contributed by atoms with Gasteiger partial charge < -0.3 is 0 Å². The highest BCUT2D eigenvalue weighted by atomic mass is 35.5. The van der Waals surface area contributed by atoms with E-state index in [-0.39, 0.29) is 0 Å². The zero-order chi connectivity index (χ0) is 6.69. The molecule has 0 saturated heterocycles. The quantitative estimate of drug-likeness (QED) is 0.508. The third-order valence-corrected chi connectivity index (χ3v) is 1.16. The molecule has 0 bridgehead atoms. The van der Waals surface area contributed by atoms with Crippen LogP contribution in [0.15, 0.2) is 24.3 Å². The summed E-state index contributed by atoms with van der Waals surface area (Å²) in [4.78, 5) is 2.95. The predicted molar refractivity (Wildman–Crippen MR) is 36.2 cm³/mol. The van der Waals surface area contributed by atoms with Gasteiger partial charge in [-0.1, -0.05) is 17.7 Å². The smallest absolute Gasteiger partial charge is 0.0840 e. The molecule has 0 amide bonds. The van der Waals surface area contributed by atoms with Gasteiger partial charge in [0.05, 0.1) is 6.07 Å². The summed E-state index contributed by atoms with van der Waals surface area (Å²) in [5.41, 5.74) is 0.475. The molecule has 0 fully saturated rings. The lowest BCUT2D eigenvalue weighted by atomic mass is 10.3. The average molecular weight is 140 g/mol. The number of hydrogen-bond acceptors (Lipinski definition) is 1. The van der Waals surface area contributed by atoms with Crippen molar-refractivity contribution in [2.75, 3.05) is 0 Å². The fraction of sp³-hybridized carbons (Fsp3) is 0. The Morgan fingerprint density at radius 3 is 2.67 bits per heavy atom. The Morgan fingerprint density at radius 1 is 1.44 bits per heavy atom. The van der Waals surface area contributed by atoms with E-state index in [0.29, 0.717) is 10.7 Å². The number of benzene rings is 1. The second-order valence-corrected chi connectivity index (χ2v) is 2.02. The molecule has 0 atom stereocenters. The molecule has 0 spiro atoms. The van der Waals surface area contributed by atoms with Gasteiger partial charge in [0, 0.05) is 11.1 Å². The Labute approximate surface area is 57.7 Å². The van der Waals surface area contributed by atoms with E-state index >= 15 is 0 Å². The number of hydrogen-bond donors (Lipinski definition) is 0. The van der Waals surface area contributed by atoms with Crippen LogP contribution >= 0.6 is 11.6 Å². The van der Waals surface area contributed by atoms with E-state index < -0.39 is 0 Å². The highest BCUT2D eigenvalue weighted by Gasteiger charge is 2.01. The largest absolute Gasteiger partial charge is 0.386 e. The molecule has 0 unspecified atom stereocenters. The summed E-state index contributed by atoms with van der Waals surface area (Å²) in [6.07, 6.45) is 0. The first-order valence-electron chi connectivity index (χ1n) is 2.43. The molecule has 3 heteroatoms. The van der Waals surface area contributed by atoms with Crippen molar-refractivity contribution in [1.82, 2.24) is 0 Å². The molecule has 44 valence electrons. The van der Waals surface area contributed by atoms with Crippen molar-refractivity contribution in [3.8, 4) is 0 Å². The van der Waals surface area contributed by atoms with Crippen molar-refractivity contribution in [2.24, 2.45) is 0 Å². The number of nitrogens with zero attached hydrogens (tertiary/aromatic N) is 2. The summed E-state index contributed by atoms with van der Waals surface area (Å²) in [7, 11) is 0. The van der Waals surface area contributed by atoms with Crippen LogP contribution < -0.4 is 0 Å². The van der Waals surface area contributed by atoms with Crippen molar-refractivity contribution >= 4 is 17.3 Å². The second kappa shape index (κ2) is 2.47. The van der Waals surface area contributed by atoms with E-state index in [0.717, 1.165) is 0 Å². The van der Waals surface area contributed by atoms with Gasteiger partial charge in [-0.05, 0) is 6.07 Å². The second-order valence-electron chi connectivity index (χ2n) is 1.58. The Hall–Kier alpha value is -1.07. The van der Waals surface area contributed by atoms with Gasteiger partial charge in [-0.2, -0.15) is 0 Å². The molecule has 0 heterocycles. The highest BCUT2D eigenvalue weighted by molar-refractivity contribution is 6.30. The predicted octanol–water partition coefficient (Wildman–Crippen LogP) is 2.82. The molecule has 0 aromatic heterocycles. The zero-order valence-corrected chi connectivity index (χ0v) is 5.34. The van der Waals surface area contributed by atoms with Crippen LogP contribution in [0.2, 0.25) is 5.02 Å². The molecule has 9 heavy (non-hydrogen) atoms. The lowest BCUT2D eigenvalue weighted by Crippen LogP contribution is -1.59. The van der Waals surface area contributed by atoms with E-state index in [1.807, 2.05) is 0 Å². The molecule has 0 N–H and O–H groups in total. The van der Waals surface area contributed by atoms with Crippen LogP contribution in [0.4, 0.5) is 5.69 Å². The van der Waals surface area contributed by atoms with Gasteiger partial charge in [0.15, 0.2) is 4.98 Å². The number of rotatable bonds is 0. The lowest BCUT2D eigenvalue weighted by molar-refractivity contribution is 1.46. The maximum atomic E-state index is 8.23. The molecule has 2 nitrogen and oxygen atoms in total. The van der Waals surface area contributed by atoms with Crippen LogP contribution in [0.25, 0.3) is 4.98 Å². The van der Waals surface area contributed by atoms with E-state index in [9.17, 15) is 0 Å². The average Bonchev–Trinajstić information content (AvgIpc) is 1.88. The van der Waals surface area contributed by atoms with Crippen molar-refractivity contribution in [2.45, 2.75) is 0 Å². The summed E-state index contributed by atoms with van der Waals surface area (Å²) in [6, 6.07) is 6.67. The number of halogens is 1. The normalized spacial score (nSPS) is 8.44. The van der Waals surface area contributed by atoms with Crippen molar-refractivity contribution in [3.05, 3.63) is 34.3 Å². The summed E-state index contributed by atoms with van der Waals surface area (Å²) in [5.74, 6) is 0. The molecular formula is C6H4ClN2+. The monoisotopic (exact) mass is 139 g/mol. The van der Waals surface area contributed by atoms with Crippen LogP contribution in [-0.2, 0) is 0 Å². The minimum Gasteiger partial charge on any atom is -0.0840 e. The maximum absolute atomic E-state index is 8.23. The third-order valence-electron chi connectivity index (χ3n) is 0.924. The summed E-state index contributed by atoms with van der Waals surface area (Å²) in [6.45, 7) is 0. The Bertz CT molecular complexity index is 251. The van der Waals surface area contributed by atoms with Crippen molar-refractivity contribution in [1.29, 1.82) is 5.39 Å². The van der Waals surface area contributed by atoms with E-state index in [4.69, 9.17) is 17.0 Å². The van der Waals surface area contributed by atoms with Gasteiger partial charge in [0.25, 0.3) is 0 Å². The first kappa shape index (κ1) is 6.06. The standard InChI is InChI=1S/C6H4ClN2/c7-5-2-1-3-6(4-5)9-8/h1-4H/q+1. The van der Waals surface area contributed by atoms with Crippen LogP contribution in [0.1, 0.15) is 0 Å². The van der Waals surface area contributed by atoms with Gasteiger partial charge in [0.2, 0.25) is 5.39 Å². The Kier molecular flexibility index (Phi) is 1.66. The minimum absolute atomic E-state index is 0.475. The van der Waals surface area contributed by atoms with Crippen LogP contribution in [0.5, 0.6) is 0 Å². The zero-order valence-electron chi connectivity index (χ0n) is 4.58. The van der Waals surface area contributed by atoms with Gasteiger partial charge in [-0.15, -0.1) is 0 Å². The fourth-order valence-electron chi connectivity index (χ4n) is 0.538. The summed E-state index contributed by atoms with van der Waals surface area (Å²) < 4.78 is 0. The first-order valence-corrected chi connectivity index (χ1v) is 2.81. The first-order chi connectivity index (χ1) is 4.33. The number of diazo groups is 1. The van der Waals surface area contributed by atoms with E-state index in [1.165, 1.54) is 0 Å². The lowest BCUT2D eigenvalue weighted by Gasteiger charge is -1.78.